The number of nitrogens with one attached hydrogen (secondary N) is 1. The van der Waals surface area contributed by atoms with Crippen molar-refractivity contribution in [1.82, 2.24) is 14.9 Å². The Labute approximate surface area is 138 Å². The van der Waals surface area contributed by atoms with Crippen LogP contribution >= 0.6 is 11.6 Å². The van der Waals surface area contributed by atoms with Crippen LogP contribution in [0.15, 0.2) is 64.0 Å². The lowest BCUT2D eigenvalue weighted by atomic mass is 10.2. The van der Waals surface area contributed by atoms with Gasteiger partial charge >= 0.3 is 0 Å². The molecule has 23 heavy (non-hydrogen) atoms. The zero-order chi connectivity index (χ0) is 16.3. The number of hydrogen-bond acceptors (Lipinski definition) is 5. The molecule has 1 aromatic heterocycles. The predicted octanol–water partition coefficient (Wildman–Crippen LogP) is 2.87. The molecule has 8 heteroatoms. The maximum atomic E-state index is 12.2. The molecule has 0 fully saturated rings. The highest BCUT2D eigenvalue weighted by Crippen LogP contribution is 2.17. The monoisotopic (exact) mass is 349 g/mol. The Hall–Kier alpha value is -2.22. The second-order valence-electron chi connectivity index (χ2n) is 4.66. The van der Waals surface area contributed by atoms with Crippen LogP contribution in [0, 0.1) is 0 Å². The summed E-state index contributed by atoms with van der Waals surface area (Å²) < 4.78 is 31.8. The fraction of sp³-hybridized carbons (Fsp3) is 0.0667. The Morgan fingerprint density at radius 1 is 1.09 bits per heavy atom. The lowest BCUT2D eigenvalue weighted by Crippen LogP contribution is -2.23. The molecule has 0 saturated heterocycles. The summed E-state index contributed by atoms with van der Waals surface area (Å²) in [5, 5.41) is 4.18. The van der Waals surface area contributed by atoms with Gasteiger partial charge in [-0.15, -0.1) is 0 Å². The first-order valence-corrected chi connectivity index (χ1v) is 8.54. The molecule has 3 rings (SSSR count). The normalized spacial score (nSPS) is 11.5. The molecule has 0 unspecified atom stereocenters. The van der Waals surface area contributed by atoms with Crippen molar-refractivity contribution in [1.29, 1.82) is 0 Å². The Morgan fingerprint density at radius 3 is 2.61 bits per heavy atom. The highest BCUT2D eigenvalue weighted by Gasteiger charge is 2.16. The van der Waals surface area contributed by atoms with E-state index in [1.165, 1.54) is 12.1 Å². The Morgan fingerprint density at radius 2 is 1.87 bits per heavy atom. The highest BCUT2D eigenvalue weighted by molar-refractivity contribution is 7.89. The largest absolute Gasteiger partial charge is 0.338 e. The van der Waals surface area contributed by atoms with E-state index < -0.39 is 10.0 Å². The molecule has 0 spiro atoms. The first kappa shape index (κ1) is 15.7. The minimum Gasteiger partial charge on any atom is -0.338 e. The molecular formula is C15H12ClN3O3S. The second-order valence-corrected chi connectivity index (χ2v) is 6.86. The van der Waals surface area contributed by atoms with Gasteiger partial charge in [0.1, 0.15) is 0 Å². The summed E-state index contributed by atoms with van der Waals surface area (Å²) >= 11 is 5.81. The van der Waals surface area contributed by atoms with Gasteiger partial charge in [-0.1, -0.05) is 53.2 Å². The average molecular weight is 350 g/mol. The summed E-state index contributed by atoms with van der Waals surface area (Å²) in [6.45, 7) is -0.102. The van der Waals surface area contributed by atoms with Gasteiger partial charge in [0.2, 0.25) is 21.7 Å². The van der Waals surface area contributed by atoms with E-state index in [0.717, 1.165) is 5.56 Å². The van der Waals surface area contributed by atoms with E-state index in [2.05, 4.69) is 14.9 Å². The summed E-state index contributed by atoms with van der Waals surface area (Å²) in [6, 6.07) is 15.3. The standard InChI is InChI=1S/C15H12ClN3O3S/c16-12-7-4-8-13(9-12)23(20,21)17-10-14-18-15(19-22-14)11-5-2-1-3-6-11/h1-9,17H,10H2. The van der Waals surface area contributed by atoms with Crippen molar-refractivity contribution < 1.29 is 12.9 Å². The quantitative estimate of drug-likeness (QED) is 0.765. The van der Waals surface area contributed by atoms with Crippen molar-refractivity contribution in [2.75, 3.05) is 0 Å². The number of benzene rings is 2. The lowest BCUT2D eigenvalue weighted by molar-refractivity contribution is 0.376. The fourth-order valence-corrected chi connectivity index (χ4v) is 3.18. The Balaban J connectivity index is 1.73. The molecule has 1 N–H and O–H groups in total. The Bertz CT molecular complexity index is 910. The molecule has 0 atom stereocenters. The van der Waals surface area contributed by atoms with Crippen molar-refractivity contribution >= 4 is 21.6 Å². The number of nitrogens with zero attached hydrogens (tertiary/aromatic N) is 2. The molecule has 118 valence electrons. The summed E-state index contributed by atoms with van der Waals surface area (Å²) in [5.41, 5.74) is 0.792. The highest BCUT2D eigenvalue weighted by atomic mass is 35.5. The molecule has 2 aromatic carbocycles. The minimum atomic E-state index is -3.70. The van der Waals surface area contributed by atoms with Gasteiger partial charge in [0.25, 0.3) is 0 Å². The molecule has 0 aliphatic rings. The van der Waals surface area contributed by atoms with Crippen molar-refractivity contribution in [2.24, 2.45) is 0 Å². The smallest absolute Gasteiger partial charge is 0.242 e. The van der Waals surface area contributed by atoms with E-state index in [-0.39, 0.29) is 17.3 Å². The van der Waals surface area contributed by atoms with E-state index in [4.69, 9.17) is 16.1 Å². The molecular weight excluding hydrogens is 338 g/mol. The van der Waals surface area contributed by atoms with Gasteiger partial charge in [0.15, 0.2) is 0 Å². The van der Waals surface area contributed by atoms with E-state index in [0.29, 0.717) is 10.8 Å². The molecule has 0 aliphatic carbocycles. The van der Waals surface area contributed by atoms with Gasteiger partial charge in [-0.25, -0.2) is 13.1 Å². The molecule has 0 bridgehead atoms. The van der Waals surface area contributed by atoms with Crippen LogP contribution < -0.4 is 4.72 Å². The topological polar surface area (TPSA) is 85.1 Å². The zero-order valence-corrected chi connectivity index (χ0v) is 13.4. The van der Waals surface area contributed by atoms with Crippen LogP contribution in [-0.4, -0.2) is 18.6 Å². The number of hydrogen-bond donors (Lipinski definition) is 1. The molecule has 0 amide bonds. The van der Waals surface area contributed by atoms with Crippen LogP contribution in [0.2, 0.25) is 5.02 Å². The summed E-state index contributed by atoms with van der Waals surface area (Å²) in [6.07, 6.45) is 0. The first-order valence-electron chi connectivity index (χ1n) is 6.68. The van der Waals surface area contributed by atoms with Gasteiger partial charge in [-0.3, -0.25) is 0 Å². The van der Waals surface area contributed by atoms with Crippen LogP contribution in [0.1, 0.15) is 5.89 Å². The molecule has 6 nitrogen and oxygen atoms in total. The second kappa shape index (κ2) is 6.49. The minimum absolute atomic E-state index is 0.0767. The van der Waals surface area contributed by atoms with Gasteiger partial charge in [-0.05, 0) is 18.2 Å². The van der Waals surface area contributed by atoms with Gasteiger partial charge in [-0.2, -0.15) is 4.98 Å². The number of rotatable bonds is 5. The molecule has 0 radical (unpaired) electrons. The van der Waals surface area contributed by atoms with Gasteiger partial charge in [0, 0.05) is 10.6 Å². The van der Waals surface area contributed by atoms with Gasteiger partial charge < -0.3 is 4.52 Å². The van der Waals surface area contributed by atoms with Crippen molar-refractivity contribution in [3.05, 3.63) is 65.5 Å². The molecule has 3 aromatic rings. The molecule has 0 saturated carbocycles. The van der Waals surface area contributed by atoms with E-state index in [1.54, 1.807) is 12.1 Å². The van der Waals surface area contributed by atoms with Crippen LogP contribution in [0.3, 0.4) is 0 Å². The van der Waals surface area contributed by atoms with E-state index in [1.807, 2.05) is 30.3 Å². The molecule has 1 heterocycles. The predicted molar refractivity (Wildman–Crippen MR) is 85.2 cm³/mol. The maximum absolute atomic E-state index is 12.2. The summed E-state index contributed by atoms with van der Waals surface area (Å²) in [5.74, 6) is 0.581. The summed E-state index contributed by atoms with van der Waals surface area (Å²) in [4.78, 5) is 4.24. The third kappa shape index (κ3) is 3.76. The Kier molecular flexibility index (Phi) is 4.42. The van der Waals surface area contributed by atoms with Gasteiger partial charge in [0.05, 0.1) is 11.4 Å². The van der Waals surface area contributed by atoms with Crippen molar-refractivity contribution in [3.8, 4) is 11.4 Å². The van der Waals surface area contributed by atoms with Crippen molar-refractivity contribution in [2.45, 2.75) is 11.4 Å². The third-order valence-electron chi connectivity index (χ3n) is 3.02. The van der Waals surface area contributed by atoms with E-state index in [9.17, 15) is 8.42 Å². The number of sulfonamides is 1. The zero-order valence-electron chi connectivity index (χ0n) is 11.8. The number of halogens is 1. The SMILES string of the molecule is O=S(=O)(NCc1nc(-c2ccccc2)no1)c1cccc(Cl)c1. The third-order valence-corrected chi connectivity index (χ3v) is 4.65. The average Bonchev–Trinajstić information content (AvgIpc) is 3.03. The summed E-state index contributed by atoms with van der Waals surface area (Å²) in [7, 11) is -3.70. The molecule has 0 aliphatic heterocycles. The maximum Gasteiger partial charge on any atom is 0.242 e. The number of aromatic nitrogens is 2. The fourth-order valence-electron chi connectivity index (χ4n) is 1.91. The van der Waals surface area contributed by atoms with Crippen LogP contribution in [0.25, 0.3) is 11.4 Å². The first-order chi connectivity index (χ1) is 11.0. The van der Waals surface area contributed by atoms with Crippen molar-refractivity contribution in [3.63, 3.8) is 0 Å². The van der Waals surface area contributed by atoms with Crippen LogP contribution in [0.5, 0.6) is 0 Å². The van der Waals surface area contributed by atoms with E-state index >= 15 is 0 Å². The van der Waals surface area contributed by atoms with Crippen LogP contribution in [-0.2, 0) is 16.6 Å². The van der Waals surface area contributed by atoms with Crippen LogP contribution in [0.4, 0.5) is 0 Å². The lowest BCUT2D eigenvalue weighted by Gasteiger charge is -2.04.